The second kappa shape index (κ2) is 5.90. The minimum absolute atomic E-state index is 0.131. The van der Waals surface area contributed by atoms with Crippen LogP contribution < -0.4 is 5.32 Å². The quantitative estimate of drug-likeness (QED) is 0.924. The summed E-state index contributed by atoms with van der Waals surface area (Å²) in [7, 11) is 1.86. The topological polar surface area (TPSA) is 32.3 Å². The van der Waals surface area contributed by atoms with Crippen LogP contribution in [0.5, 0.6) is 0 Å². The molecule has 3 nitrogen and oxygen atoms in total. The van der Waals surface area contributed by atoms with E-state index in [1.165, 1.54) is 5.56 Å². The molecular formula is C17H17BrN2O. The number of benzene rings is 2. The van der Waals surface area contributed by atoms with E-state index < -0.39 is 0 Å². The lowest BCUT2D eigenvalue weighted by molar-refractivity contribution is -0.131. The standard InChI is InChI=1S/C17H17BrN2O/c1-20(11-12-5-4-7-14(18)9-12)17(21)16-10-13-6-2-3-8-15(13)19-16/h2-9,16,19H,10-11H2,1H3. The second-order valence-electron chi connectivity index (χ2n) is 5.38. The third-order valence-electron chi connectivity index (χ3n) is 3.75. The molecule has 1 atom stereocenters. The average Bonchev–Trinajstić information content (AvgIpc) is 2.90. The number of nitrogens with zero attached hydrogens (tertiary/aromatic N) is 1. The van der Waals surface area contributed by atoms with Crippen molar-refractivity contribution in [3.05, 3.63) is 64.1 Å². The van der Waals surface area contributed by atoms with E-state index >= 15 is 0 Å². The van der Waals surface area contributed by atoms with Gasteiger partial charge in [0.15, 0.2) is 0 Å². The number of rotatable bonds is 3. The van der Waals surface area contributed by atoms with Crippen molar-refractivity contribution >= 4 is 27.5 Å². The highest BCUT2D eigenvalue weighted by Crippen LogP contribution is 2.26. The highest BCUT2D eigenvalue weighted by atomic mass is 79.9. The van der Waals surface area contributed by atoms with Gasteiger partial charge in [-0.15, -0.1) is 0 Å². The molecule has 0 radical (unpaired) electrons. The van der Waals surface area contributed by atoms with Gasteiger partial charge in [0.1, 0.15) is 6.04 Å². The maximum atomic E-state index is 12.6. The van der Waals surface area contributed by atoms with E-state index in [1.54, 1.807) is 4.90 Å². The molecule has 21 heavy (non-hydrogen) atoms. The summed E-state index contributed by atoms with van der Waals surface area (Å²) in [5.74, 6) is 0.131. The van der Waals surface area contributed by atoms with Crippen LogP contribution in [0.4, 0.5) is 5.69 Å². The molecule has 0 saturated carbocycles. The first-order valence-corrected chi connectivity index (χ1v) is 7.76. The Kier molecular flexibility index (Phi) is 3.97. The number of nitrogens with one attached hydrogen (secondary N) is 1. The van der Waals surface area contributed by atoms with E-state index in [4.69, 9.17) is 0 Å². The van der Waals surface area contributed by atoms with Crippen LogP contribution in [0.1, 0.15) is 11.1 Å². The molecule has 0 spiro atoms. The Balaban J connectivity index is 1.66. The predicted octanol–water partition coefficient (Wildman–Crippen LogP) is 3.44. The SMILES string of the molecule is CN(Cc1cccc(Br)c1)C(=O)C1Cc2ccccc2N1. The van der Waals surface area contributed by atoms with Gasteiger partial charge >= 0.3 is 0 Å². The summed E-state index contributed by atoms with van der Waals surface area (Å²) >= 11 is 3.46. The van der Waals surface area contributed by atoms with Crippen LogP contribution >= 0.6 is 15.9 Å². The molecule has 1 aliphatic rings. The Morgan fingerprint density at radius 3 is 2.86 bits per heavy atom. The molecule has 0 saturated heterocycles. The van der Waals surface area contributed by atoms with Crippen molar-refractivity contribution < 1.29 is 4.79 Å². The van der Waals surface area contributed by atoms with E-state index in [1.807, 2.05) is 49.5 Å². The largest absolute Gasteiger partial charge is 0.373 e. The Morgan fingerprint density at radius 1 is 1.29 bits per heavy atom. The summed E-state index contributed by atoms with van der Waals surface area (Å²) < 4.78 is 1.03. The van der Waals surface area contributed by atoms with Crippen molar-refractivity contribution in [2.24, 2.45) is 0 Å². The number of hydrogen-bond acceptors (Lipinski definition) is 2. The Hall–Kier alpha value is -1.81. The van der Waals surface area contributed by atoms with Gasteiger partial charge < -0.3 is 10.2 Å². The van der Waals surface area contributed by atoms with E-state index in [9.17, 15) is 4.79 Å². The lowest BCUT2D eigenvalue weighted by atomic mass is 10.1. The predicted molar refractivity (Wildman–Crippen MR) is 88.2 cm³/mol. The zero-order valence-electron chi connectivity index (χ0n) is 11.8. The van der Waals surface area contributed by atoms with Crippen LogP contribution in [0, 0.1) is 0 Å². The maximum absolute atomic E-state index is 12.6. The molecule has 0 aliphatic carbocycles. The Labute approximate surface area is 133 Å². The number of fused-ring (bicyclic) bond motifs is 1. The number of amides is 1. The molecule has 1 heterocycles. The van der Waals surface area contributed by atoms with Crippen molar-refractivity contribution in [2.45, 2.75) is 19.0 Å². The molecule has 0 bridgehead atoms. The van der Waals surface area contributed by atoms with Crippen LogP contribution in [0.25, 0.3) is 0 Å². The molecule has 3 rings (SSSR count). The average molecular weight is 345 g/mol. The second-order valence-corrected chi connectivity index (χ2v) is 6.30. The zero-order valence-corrected chi connectivity index (χ0v) is 13.4. The van der Waals surface area contributed by atoms with Gasteiger partial charge in [-0.2, -0.15) is 0 Å². The summed E-state index contributed by atoms with van der Waals surface area (Å²) in [6.07, 6.45) is 0.762. The van der Waals surface area contributed by atoms with Gasteiger partial charge in [-0.25, -0.2) is 0 Å². The zero-order chi connectivity index (χ0) is 14.8. The lowest BCUT2D eigenvalue weighted by Gasteiger charge is -2.21. The van der Waals surface area contributed by atoms with Crippen molar-refractivity contribution in [3.63, 3.8) is 0 Å². The van der Waals surface area contributed by atoms with E-state index in [2.05, 4.69) is 27.3 Å². The summed E-state index contributed by atoms with van der Waals surface area (Å²) in [6.45, 7) is 0.618. The van der Waals surface area contributed by atoms with Gasteiger partial charge in [-0.3, -0.25) is 4.79 Å². The summed E-state index contributed by atoms with van der Waals surface area (Å²) in [4.78, 5) is 14.3. The van der Waals surface area contributed by atoms with Crippen molar-refractivity contribution in [3.8, 4) is 0 Å². The van der Waals surface area contributed by atoms with Gasteiger partial charge in [-0.1, -0.05) is 46.3 Å². The van der Waals surface area contributed by atoms with Gasteiger partial charge in [0.2, 0.25) is 5.91 Å². The number of likely N-dealkylation sites (N-methyl/N-ethyl adjacent to an activating group) is 1. The van der Waals surface area contributed by atoms with Gasteiger partial charge in [0.25, 0.3) is 0 Å². The number of halogens is 1. The van der Waals surface area contributed by atoms with Crippen molar-refractivity contribution in [2.75, 3.05) is 12.4 Å². The van der Waals surface area contributed by atoms with E-state index in [0.29, 0.717) is 6.54 Å². The minimum Gasteiger partial charge on any atom is -0.373 e. The van der Waals surface area contributed by atoms with Crippen LogP contribution in [0.15, 0.2) is 53.0 Å². The number of para-hydroxylation sites is 1. The van der Waals surface area contributed by atoms with Gasteiger partial charge in [0, 0.05) is 30.2 Å². The highest BCUT2D eigenvalue weighted by Gasteiger charge is 2.28. The van der Waals surface area contributed by atoms with E-state index in [0.717, 1.165) is 22.1 Å². The van der Waals surface area contributed by atoms with E-state index in [-0.39, 0.29) is 11.9 Å². The molecule has 2 aromatic carbocycles. The molecule has 4 heteroatoms. The smallest absolute Gasteiger partial charge is 0.245 e. The van der Waals surface area contributed by atoms with Gasteiger partial charge in [-0.05, 0) is 29.3 Å². The number of carbonyl (C=O) groups is 1. The number of hydrogen-bond donors (Lipinski definition) is 1. The first-order chi connectivity index (χ1) is 10.1. The first-order valence-electron chi connectivity index (χ1n) is 6.97. The fourth-order valence-electron chi connectivity index (χ4n) is 2.70. The van der Waals surface area contributed by atoms with Crippen molar-refractivity contribution in [1.82, 2.24) is 4.90 Å². The molecule has 1 unspecified atom stereocenters. The lowest BCUT2D eigenvalue weighted by Crippen LogP contribution is -2.39. The number of anilines is 1. The normalized spacial score (nSPS) is 16.2. The van der Waals surface area contributed by atoms with Crippen LogP contribution in [0.3, 0.4) is 0 Å². The fourth-order valence-corrected chi connectivity index (χ4v) is 3.15. The molecule has 2 aromatic rings. The summed E-state index contributed by atoms with van der Waals surface area (Å²) in [5, 5.41) is 3.31. The molecule has 1 aliphatic heterocycles. The molecule has 0 aromatic heterocycles. The third-order valence-corrected chi connectivity index (χ3v) is 4.25. The molecule has 0 fully saturated rings. The van der Waals surface area contributed by atoms with Crippen LogP contribution in [-0.4, -0.2) is 23.9 Å². The summed E-state index contributed by atoms with van der Waals surface area (Å²) in [6, 6.07) is 16.0. The monoisotopic (exact) mass is 344 g/mol. The minimum atomic E-state index is -0.153. The molecule has 1 N–H and O–H groups in total. The first kappa shape index (κ1) is 14.1. The molecule has 108 valence electrons. The Morgan fingerprint density at radius 2 is 2.10 bits per heavy atom. The van der Waals surface area contributed by atoms with Crippen molar-refractivity contribution in [1.29, 1.82) is 0 Å². The summed E-state index contributed by atoms with van der Waals surface area (Å²) in [5.41, 5.74) is 3.41. The van der Waals surface area contributed by atoms with Crippen LogP contribution in [0.2, 0.25) is 0 Å². The molecule has 1 amide bonds. The number of carbonyl (C=O) groups excluding carboxylic acids is 1. The molecular weight excluding hydrogens is 328 g/mol. The third kappa shape index (κ3) is 3.10. The fraction of sp³-hybridized carbons (Fsp3) is 0.235. The highest BCUT2D eigenvalue weighted by molar-refractivity contribution is 9.10. The van der Waals surface area contributed by atoms with Crippen LogP contribution in [-0.2, 0) is 17.8 Å². The van der Waals surface area contributed by atoms with Gasteiger partial charge in [0.05, 0.1) is 0 Å². The maximum Gasteiger partial charge on any atom is 0.245 e. The Bertz CT molecular complexity index is 646.